The Balaban J connectivity index is 1.52. The molecular weight excluding hydrogens is 408 g/mol. The molecule has 8 heteroatoms. The van der Waals surface area contributed by atoms with E-state index in [1.807, 2.05) is 0 Å². The van der Waals surface area contributed by atoms with Gasteiger partial charge in [0.15, 0.2) is 18.2 Å². The molecule has 0 unspecified atom stereocenters. The summed E-state index contributed by atoms with van der Waals surface area (Å²) in [5.41, 5.74) is 0.240. The summed E-state index contributed by atoms with van der Waals surface area (Å²) in [4.78, 5) is 49.8. The number of hydrogen-bond donors (Lipinski definition) is 1. The maximum absolute atomic E-state index is 13.7. The van der Waals surface area contributed by atoms with Crippen LogP contribution in [0.3, 0.4) is 0 Å². The van der Waals surface area contributed by atoms with Crippen molar-refractivity contribution in [3.63, 3.8) is 0 Å². The van der Waals surface area contributed by atoms with E-state index in [9.17, 15) is 28.0 Å². The standard InChI is InChI=1S/C23H13F2NO5/c24-12-8-9-15(17(25)10-12)23(30)31-11-19(27)26-18-7-3-6-16-20(18)22(29)14-5-2-1-4-13(14)21(16)28/h1-10H,11H2,(H,26,27). The van der Waals surface area contributed by atoms with Crippen LogP contribution in [0.1, 0.15) is 42.2 Å². The minimum atomic E-state index is -1.15. The van der Waals surface area contributed by atoms with Crippen LogP contribution in [0, 0.1) is 11.6 Å². The first-order valence-electron chi connectivity index (χ1n) is 9.10. The molecule has 0 fully saturated rings. The van der Waals surface area contributed by atoms with E-state index in [0.717, 1.165) is 12.1 Å². The van der Waals surface area contributed by atoms with Gasteiger partial charge in [-0.3, -0.25) is 14.4 Å². The first-order chi connectivity index (χ1) is 14.9. The lowest BCUT2D eigenvalue weighted by molar-refractivity contribution is -0.119. The molecule has 1 aliphatic rings. The third kappa shape index (κ3) is 3.71. The lowest BCUT2D eigenvalue weighted by atomic mass is 9.83. The molecule has 1 amide bonds. The van der Waals surface area contributed by atoms with Crippen molar-refractivity contribution in [3.05, 3.63) is 100 Å². The van der Waals surface area contributed by atoms with Crippen LogP contribution < -0.4 is 5.32 Å². The number of hydrogen-bond acceptors (Lipinski definition) is 5. The molecular formula is C23H13F2NO5. The second-order valence-electron chi connectivity index (χ2n) is 6.68. The number of carbonyl (C=O) groups excluding carboxylic acids is 4. The third-order valence-corrected chi connectivity index (χ3v) is 4.71. The second kappa shape index (κ2) is 7.91. The Labute approximate surface area is 174 Å². The van der Waals surface area contributed by atoms with E-state index in [-0.39, 0.29) is 33.7 Å². The van der Waals surface area contributed by atoms with Gasteiger partial charge >= 0.3 is 5.97 Å². The predicted molar refractivity (Wildman–Crippen MR) is 105 cm³/mol. The average Bonchev–Trinajstić information content (AvgIpc) is 2.76. The van der Waals surface area contributed by atoms with Gasteiger partial charge in [0.25, 0.3) is 5.91 Å². The van der Waals surface area contributed by atoms with Crippen molar-refractivity contribution in [3.8, 4) is 0 Å². The topological polar surface area (TPSA) is 89.5 Å². The van der Waals surface area contributed by atoms with Crippen LogP contribution in [0.4, 0.5) is 14.5 Å². The number of halogens is 2. The molecule has 1 N–H and O–H groups in total. The van der Waals surface area contributed by atoms with E-state index < -0.39 is 41.5 Å². The Morgan fingerprint density at radius 2 is 1.52 bits per heavy atom. The van der Waals surface area contributed by atoms with Crippen molar-refractivity contribution < 1.29 is 32.7 Å². The number of amides is 1. The van der Waals surface area contributed by atoms with Gasteiger partial charge in [-0.1, -0.05) is 36.4 Å². The molecule has 0 saturated heterocycles. The van der Waals surface area contributed by atoms with Gasteiger partial charge in [-0.05, 0) is 18.2 Å². The molecule has 3 aromatic carbocycles. The summed E-state index contributed by atoms with van der Waals surface area (Å²) in [7, 11) is 0. The summed E-state index contributed by atoms with van der Waals surface area (Å²) >= 11 is 0. The molecule has 6 nitrogen and oxygen atoms in total. The summed E-state index contributed by atoms with van der Waals surface area (Å²) in [5.74, 6) is -4.70. The summed E-state index contributed by atoms with van der Waals surface area (Å²) < 4.78 is 31.4. The highest BCUT2D eigenvalue weighted by atomic mass is 19.1. The minimum Gasteiger partial charge on any atom is -0.452 e. The fourth-order valence-corrected chi connectivity index (χ4v) is 3.30. The van der Waals surface area contributed by atoms with Gasteiger partial charge in [0.2, 0.25) is 0 Å². The predicted octanol–water partition coefficient (Wildman–Crippen LogP) is 3.54. The number of benzene rings is 3. The molecule has 0 atom stereocenters. The fourth-order valence-electron chi connectivity index (χ4n) is 3.30. The number of esters is 1. The summed E-state index contributed by atoms with van der Waals surface area (Å²) in [6.45, 7) is -0.780. The lowest BCUT2D eigenvalue weighted by Gasteiger charge is -2.20. The summed E-state index contributed by atoms with van der Waals surface area (Å²) in [5, 5.41) is 2.44. The van der Waals surface area contributed by atoms with Crippen molar-refractivity contribution in [1.29, 1.82) is 0 Å². The van der Waals surface area contributed by atoms with Crippen molar-refractivity contribution in [2.45, 2.75) is 0 Å². The van der Waals surface area contributed by atoms with Crippen LogP contribution in [0.2, 0.25) is 0 Å². The van der Waals surface area contributed by atoms with Crippen LogP contribution in [0.5, 0.6) is 0 Å². The van der Waals surface area contributed by atoms with Gasteiger partial charge in [0.05, 0.1) is 16.8 Å². The number of fused-ring (bicyclic) bond motifs is 2. The zero-order valence-corrected chi connectivity index (χ0v) is 15.8. The van der Waals surface area contributed by atoms with Gasteiger partial charge in [0, 0.05) is 22.8 Å². The molecule has 4 rings (SSSR count). The van der Waals surface area contributed by atoms with Crippen molar-refractivity contribution in [2.24, 2.45) is 0 Å². The highest BCUT2D eigenvalue weighted by Gasteiger charge is 2.31. The first-order valence-corrected chi connectivity index (χ1v) is 9.10. The molecule has 0 spiro atoms. The minimum absolute atomic E-state index is 0.0375. The van der Waals surface area contributed by atoms with Crippen molar-refractivity contribution in [1.82, 2.24) is 0 Å². The van der Waals surface area contributed by atoms with Crippen LogP contribution >= 0.6 is 0 Å². The molecule has 0 aliphatic heterocycles. The number of ether oxygens (including phenoxy) is 1. The Bertz CT molecular complexity index is 1270. The van der Waals surface area contributed by atoms with Crippen LogP contribution in [0.15, 0.2) is 60.7 Å². The van der Waals surface area contributed by atoms with Gasteiger partial charge in [-0.25, -0.2) is 13.6 Å². The Morgan fingerprint density at radius 1 is 0.839 bits per heavy atom. The molecule has 31 heavy (non-hydrogen) atoms. The zero-order valence-electron chi connectivity index (χ0n) is 15.8. The van der Waals surface area contributed by atoms with Crippen molar-refractivity contribution >= 4 is 29.1 Å². The number of ketones is 2. The van der Waals surface area contributed by atoms with E-state index in [1.54, 1.807) is 18.2 Å². The molecule has 0 bridgehead atoms. The van der Waals surface area contributed by atoms with E-state index in [1.165, 1.54) is 24.3 Å². The Morgan fingerprint density at radius 3 is 2.23 bits per heavy atom. The molecule has 1 aliphatic carbocycles. The monoisotopic (exact) mass is 421 g/mol. The quantitative estimate of drug-likeness (QED) is 0.509. The smallest absolute Gasteiger partial charge is 0.341 e. The number of anilines is 1. The molecule has 0 aromatic heterocycles. The molecule has 0 heterocycles. The second-order valence-corrected chi connectivity index (χ2v) is 6.68. The largest absolute Gasteiger partial charge is 0.452 e. The molecule has 0 radical (unpaired) electrons. The average molecular weight is 421 g/mol. The first kappa shape index (κ1) is 20.1. The Hall–Kier alpha value is -4.20. The summed E-state index contributed by atoms with van der Waals surface area (Å²) in [6.07, 6.45) is 0. The number of carbonyl (C=O) groups is 4. The van der Waals surface area contributed by atoms with Crippen LogP contribution in [0.25, 0.3) is 0 Å². The van der Waals surface area contributed by atoms with E-state index in [2.05, 4.69) is 5.32 Å². The number of nitrogens with one attached hydrogen (secondary N) is 1. The van der Waals surface area contributed by atoms with Crippen LogP contribution in [-0.2, 0) is 9.53 Å². The lowest BCUT2D eigenvalue weighted by Crippen LogP contribution is -2.26. The fraction of sp³-hybridized carbons (Fsp3) is 0.0435. The maximum atomic E-state index is 13.7. The van der Waals surface area contributed by atoms with Gasteiger partial charge in [-0.15, -0.1) is 0 Å². The highest BCUT2D eigenvalue weighted by molar-refractivity contribution is 6.30. The number of rotatable bonds is 4. The normalized spacial score (nSPS) is 12.1. The summed E-state index contributed by atoms with van der Waals surface area (Å²) in [6, 6.07) is 13.1. The molecule has 0 saturated carbocycles. The van der Waals surface area contributed by atoms with Crippen LogP contribution in [-0.4, -0.2) is 30.0 Å². The van der Waals surface area contributed by atoms with Gasteiger partial charge < -0.3 is 10.1 Å². The Kier molecular flexibility index (Phi) is 5.12. The molecule has 3 aromatic rings. The molecule has 154 valence electrons. The SMILES string of the molecule is O=C(COC(=O)c1ccc(F)cc1F)Nc1cccc2c1C(=O)c1ccccc1C2=O. The van der Waals surface area contributed by atoms with Crippen molar-refractivity contribution in [2.75, 3.05) is 11.9 Å². The zero-order chi connectivity index (χ0) is 22.1. The van der Waals surface area contributed by atoms with Gasteiger partial charge in [0.1, 0.15) is 11.6 Å². The maximum Gasteiger partial charge on any atom is 0.341 e. The van der Waals surface area contributed by atoms with E-state index in [4.69, 9.17) is 4.74 Å². The van der Waals surface area contributed by atoms with E-state index in [0.29, 0.717) is 6.07 Å². The van der Waals surface area contributed by atoms with Gasteiger partial charge in [-0.2, -0.15) is 0 Å². The van der Waals surface area contributed by atoms with E-state index >= 15 is 0 Å². The third-order valence-electron chi connectivity index (χ3n) is 4.71. The highest BCUT2D eigenvalue weighted by Crippen LogP contribution is 2.31.